The summed E-state index contributed by atoms with van der Waals surface area (Å²) in [7, 11) is 4.31. The molecule has 460 valence electrons. The molecule has 2 unspecified atom stereocenters. The molecular formula is C65H120N10O5. The SMILES string of the molecule is C=CC(=O)N1CCCCC(N(C)C(C)C)C1.C=CC(=O)N1CCCCC(NC(C)C)C1.C=CC(=O)N1CCCC[C@@H](N(C)C(C)(C)C)C1.C=CC(=O)N1CCCC[C@@H](NC(C)(C)C)C1.C=CC(=O)N1CCCC[C@H](NC(C)(C)C)C1. The van der Waals surface area contributed by atoms with Crippen LogP contribution in [0.3, 0.4) is 0 Å². The van der Waals surface area contributed by atoms with E-state index in [1.54, 1.807) is 0 Å². The third-order valence-electron chi connectivity index (χ3n) is 15.6. The van der Waals surface area contributed by atoms with E-state index in [2.05, 4.69) is 163 Å². The van der Waals surface area contributed by atoms with Crippen LogP contribution in [-0.4, -0.2) is 202 Å². The van der Waals surface area contributed by atoms with Crippen LogP contribution < -0.4 is 16.0 Å². The number of carbonyl (C=O) groups excluding carboxylic acids is 5. The van der Waals surface area contributed by atoms with Crippen LogP contribution in [0, 0.1) is 0 Å². The van der Waals surface area contributed by atoms with Crippen LogP contribution in [0.4, 0.5) is 0 Å². The third kappa shape index (κ3) is 30.8. The molecule has 5 atom stereocenters. The Labute approximate surface area is 489 Å². The first-order chi connectivity index (χ1) is 37.4. The Morgan fingerprint density at radius 2 is 0.700 bits per heavy atom. The summed E-state index contributed by atoms with van der Waals surface area (Å²) in [5, 5.41) is 10.7. The molecule has 0 aliphatic carbocycles. The number of hydrogen-bond acceptors (Lipinski definition) is 10. The highest BCUT2D eigenvalue weighted by atomic mass is 16.2. The van der Waals surface area contributed by atoms with Gasteiger partial charge in [-0.1, -0.05) is 78.8 Å². The number of rotatable bonds is 12. The van der Waals surface area contributed by atoms with E-state index in [0.29, 0.717) is 42.3 Å². The van der Waals surface area contributed by atoms with Gasteiger partial charge in [-0.25, -0.2) is 0 Å². The predicted molar refractivity (Wildman–Crippen MR) is 337 cm³/mol. The average molecular weight is 1120 g/mol. The van der Waals surface area contributed by atoms with Gasteiger partial charge in [0.25, 0.3) is 0 Å². The second-order valence-corrected chi connectivity index (χ2v) is 26.5. The molecule has 5 saturated heterocycles. The number of carbonyl (C=O) groups is 5. The Morgan fingerprint density at radius 1 is 0.425 bits per heavy atom. The van der Waals surface area contributed by atoms with Gasteiger partial charge in [-0.05, 0) is 185 Å². The third-order valence-corrected chi connectivity index (χ3v) is 15.6. The Kier molecular flexibility index (Phi) is 34.9. The summed E-state index contributed by atoms with van der Waals surface area (Å²) in [4.78, 5) is 72.5. The molecule has 5 aliphatic rings. The Morgan fingerprint density at radius 3 is 0.988 bits per heavy atom. The van der Waals surface area contributed by atoms with Crippen LogP contribution in [0.15, 0.2) is 63.3 Å². The lowest BCUT2D eigenvalue weighted by Gasteiger charge is -2.39. The van der Waals surface area contributed by atoms with Gasteiger partial charge in [0.15, 0.2) is 0 Å². The maximum absolute atomic E-state index is 11.7. The smallest absolute Gasteiger partial charge is 0.246 e. The van der Waals surface area contributed by atoms with Crippen molar-refractivity contribution < 1.29 is 24.0 Å². The molecule has 80 heavy (non-hydrogen) atoms. The molecule has 5 rings (SSSR count). The van der Waals surface area contributed by atoms with E-state index in [1.165, 1.54) is 81.7 Å². The zero-order valence-electron chi connectivity index (χ0n) is 53.8. The molecule has 0 aromatic carbocycles. The summed E-state index contributed by atoms with van der Waals surface area (Å²) in [6.45, 7) is 54.6. The van der Waals surface area contributed by atoms with E-state index in [4.69, 9.17) is 0 Å². The van der Waals surface area contributed by atoms with Crippen molar-refractivity contribution in [1.82, 2.24) is 50.2 Å². The topological polar surface area (TPSA) is 144 Å². The Hall–Kier alpha value is -4.15. The van der Waals surface area contributed by atoms with Crippen molar-refractivity contribution in [2.75, 3.05) is 79.5 Å². The lowest BCUT2D eigenvalue weighted by Crippen LogP contribution is -2.50. The van der Waals surface area contributed by atoms with Crippen LogP contribution in [-0.2, 0) is 24.0 Å². The van der Waals surface area contributed by atoms with E-state index >= 15 is 0 Å². The highest BCUT2D eigenvalue weighted by Crippen LogP contribution is 2.23. The summed E-state index contributed by atoms with van der Waals surface area (Å²) in [5.74, 6) is 0.320. The summed E-state index contributed by atoms with van der Waals surface area (Å²) in [6.07, 6.45) is 24.5. The summed E-state index contributed by atoms with van der Waals surface area (Å²) in [6, 6.07) is 3.22. The molecule has 0 saturated carbocycles. The maximum atomic E-state index is 11.7. The molecule has 5 heterocycles. The minimum absolute atomic E-state index is 0.0580. The lowest BCUT2D eigenvalue weighted by molar-refractivity contribution is -0.127. The maximum Gasteiger partial charge on any atom is 0.246 e. The van der Waals surface area contributed by atoms with Crippen LogP contribution in [0.25, 0.3) is 0 Å². The van der Waals surface area contributed by atoms with Gasteiger partial charge >= 0.3 is 0 Å². The zero-order valence-corrected chi connectivity index (χ0v) is 53.8. The van der Waals surface area contributed by atoms with Crippen LogP contribution in [0.5, 0.6) is 0 Å². The quantitative estimate of drug-likeness (QED) is 0.162. The van der Waals surface area contributed by atoms with E-state index in [1.807, 2.05) is 24.5 Å². The Bertz CT molecular complexity index is 1830. The standard InChI is InChI=1S/C14H26N2O.3C13H24N2O.C12H22N2O/c1-6-13(17)16-10-8-7-9-12(11-16)15(5)14(2,3)4;2*1-5-12(16)15-9-7-6-8-11(10-15)14-13(2,3)4;1-5-13(16)15-9-7-6-8-12(10-15)14(4)11(2)3;1-4-12(15)14-8-6-5-7-11(9-14)13-10(2)3/h6,12H,1,7-11H2,2-5H3;2*5,11,14H,1,6-10H2,2-4H3;5,11-12H,1,6-10H2,2-4H3;4,10-11,13H,1,5-9H2,2-3H3/t12-;2*11-;;/m110../s1. The molecule has 0 radical (unpaired) electrons. The van der Waals surface area contributed by atoms with Gasteiger partial charge < -0.3 is 40.4 Å². The molecule has 15 heteroatoms. The van der Waals surface area contributed by atoms with Gasteiger partial charge in [0.1, 0.15) is 0 Å². The number of amides is 5. The number of likely N-dealkylation sites (tertiary alicyclic amines) is 5. The summed E-state index contributed by atoms with van der Waals surface area (Å²) in [5.41, 5.74) is 0.369. The first-order valence-electron chi connectivity index (χ1n) is 30.7. The highest BCUT2D eigenvalue weighted by Gasteiger charge is 2.30. The van der Waals surface area contributed by atoms with Gasteiger partial charge in [0.05, 0.1) is 0 Å². The molecule has 0 bridgehead atoms. The summed E-state index contributed by atoms with van der Waals surface area (Å²) >= 11 is 0. The van der Waals surface area contributed by atoms with Gasteiger partial charge in [-0.2, -0.15) is 0 Å². The lowest BCUT2D eigenvalue weighted by atomic mass is 10.0. The number of nitrogens with zero attached hydrogens (tertiary/aromatic N) is 7. The number of hydrogen-bond donors (Lipinski definition) is 3. The van der Waals surface area contributed by atoms with Crippen molar-refractivity contribution in [2.24, 2.45) is 0 Å². The molecule has 5 amide bonds. The fourth-order valence-corrected chi connectivity index (χ4v) is 11.0. The fraction of sp³-hybridized carbons (Fsp3) is 0.769. The van der Waals surface area contributed by atoms with Crippen molar-refractivity contribution in [3.63, 3.8) is 0 Å². The summed E-state index contributed by atoms with van der Waals surface area (Å²) < 4.78 is 0. The number of likely N-dealkylation sites (N-methyl/N-ethyl adjacent to an activating group) is 2. The van der Waals surface area contributed by atoms with E-state index in [0.717, 1.165) is 110 Å². The van der Waals surface area contributed by atoms with Crippen LogP contribution >= 0.6 is 0 Å². The van der Waals surface area contributed by atoms with Crippen molar-refractivity contribution in [3.8, 4) is 0 Å². The molecule has 5 aliphatic heterocycles. The van der Waals surface area contributed by atoms with Crippen molar-refractivity contribution in [3.05, 3.63) is 63.3 Å². The molecular weight excluding hydrogens is 1000 g/mol. The van der Waals surface area contributed by atoms with E-state index in [9.17, 15) is 24.0 Å². The largest absolute Gasteiger partial charge is 0.338 e. The van der Waals surface area contributed by atoms with Crippen LogP contribution in [0.1, 0.15) is 186 Å². The molecule has 0 aromatic rings. The molecule has 15 nitrogen and oxygen atoms in total. The molecule has 0 spiro atoms. The zero-order chi connectivity index (χ0) is 60.8. The first-order valence-corrected chi connectivity index (χ1v) is 30.7. The first kappa shape index (κ1) is 73.9. The van der Waals surface area contributed by atoms with Crippen molar-refractivity contribution >= 4 is 29.5 Å². The van der Waals surface area contributed by atoms with E-state index < -0.39 is 0 Å². The normalized spacial score (nSPS) is 22.5. The van der Waals surface area contributed by atoms with Crippen LogP contribution in [0.2, 0.25) is 0 Å². The van der Waals surface area contributed by atoms with Crippen molar-refractivity contribution in [2.45, 2.75) is 245 Å². The van der Waals surface area contributed by atoms with Gasteiger partial charge in [-0.3, -0.25) is 33.8 Å². The van der Waals surface area contributed by atoms with Crippen molar-refractivity contribution in [1.29, 1.82) is 0 Å². The second-order valence-electron chi connectivity index (χ2n) is 26.5. The monoisotopic (exact) mass is 1120 g/mol. The molecule has 5 fully saturated rings. The van der Waals surface area contributed by atoms with E-state index in [-0.39, 0.29) is 46.2 Å². The molecule has 3 N–H and O–H groups in total. The predicted octanol–water partition coefficient (Wildman–Crippen LogP) is 9.61. The van der Waals surface area contributed by atoms with Gasteiger partial charge in [-0.15, -0.1) is 0 Å². The fourth-order valence-electron chi connectivity index (χ4n) is 11.0. The van der Waals surface area contributed by atoms with Gasteiger partial charge in [0, 0.05) is 124 Å². The molecule has 0 aromatic heterocycles. The van der Waals surface area contributed by atoms with Gasteiger partial charge in [0.2, 0.25) is 29.5 Å². The minimum atomic E-state index is 0.0580. The minimum Gasteiger partial charge on any atom is -0.338 e. The number of nitrogens with one attached hydrogen (secondary N) is 3. The highest BCUT2D eigenvalue weighted by molar-refractivity contribution is 5.88. The second kappa shape index (κ2) is 37.9. The Balaban J connectivity index is 0.000000500. The average Bonchev–Trinajstić information content (AvgIpc) is 4.04.